The van der Waals surface area contributed by atoms with Gasteiger partial charge in [-0.2, -0.15) is 0 Å². The minimum Gasteiger partial charge on any atom is -0.496 e. The predicted molar refractivity (Wildman–Crippen MR) is 145 cm³/mol. The van der Waals surface area contributed by atoms with E-state index in [-0.39, 0.29) is 29.3 Å². The molecule has 0 bridgehead atoms. The van der Waals surface area contributed by atoms with Crippen LogP contribution in [-0.2, 0) is 14.8 Å². The lowest BCUT2D eigenvalue weighted by molar-refractivity contribution is -0.120. The van der Waals surface area contributed by atoms with E-state index in [9.17, 15) is 13.2 Å². The van der Waals surface area contributed by atoms with Gasteiger partial charge in [0.1, 0.15) is 12.3 Å². The maximum atomic E-state index is 13.6. The molecular weight excluding hydrogens is 472 g/mol. The third-order valence-electron chi connectivity index (χ3n) is 6.32. The van der Waals surface area contributed by atoms with Crippen LogP contribution in [0.4, 0.5) is 5.69 Å². The first-order valence-electron chi connectivity index (χ1n) is 12.1. The number of sulfonamides is 1. The van der Waals surface area contributed by atoms with Gasteiger partial charge in [-0.05, 0) is 86.2 Å². The quantitative estimate of drug-likeness (QED) is 0.395. The number of ether oxygens (including phenoxy) is 1. The van der Waals surface area contributed by atoms with Crippen LogP contribution < -0.4 is 14.4 Å². The summed E-state index contributed by atoms with van der Waals surface area (Å²) >= 11 is 0. The number of hydrogen-bond acceptors (Lipinski definition) is 4. The van der Waals surface area contributed by atoms with Gasteiger partial charge in [-0.25, -0.2) is 8.42 Å². The highest BCUT2D eigenvalue weighted by molar-refractivity contribution is 7.92. The lowest BCUT2D eigenvalue weighted by Crippen LogP contribution is -2.42. The first-order valence-corrected chi connectivity index (χ1v) is 13.5. The second-order valence-corrected chi connectivity index (χ2v) is 11.4. The zero-order valence-corrected chi connectivity index (χ0v) is 22.9. The molecule has 3 aromatic rings. The molecule has 0 unspecified atom stereocenters. The van der Waals surface area contributed by atoms with Crippen LogP contribution in [0, 0.1) is 20.8 Å². The van der Waals surface area contributed by atoms with E-state index in [4.69, 9.17) is 4.74 Å². The standard InChI is InChI=1S/C29H36N2O4S/c1-19(2)25-17-26(21(4)16-28(25)35-7)23(6)30-29(32)18-31(27-14-13-20(3)15-22(27)5)36(33,34)24-11-9-8-10-12-24/h8-17,19,23H,18H2,1-7H3,(H,30,32)/t23-/m1/s1. The first-order chi connectivity index (χ1) is 16.9. The molecule has 7 heteroatoms. The average Bonchev–Trinajstić information content (AvgIpc) is 2.82. The highest BCUT2D eigenvalue weighted by Crippen LogP contribution is 2.32. The van der Waals surface area contributed by atoms with Crippen LogP contribution in [-0.4, -0.2) is 28.0 Å². The van der Waals surface area contributed by atoms with Crippen LogP contribution in [0.1, 0.15) is 60.5 Å². The Labute approximate surface area is 215 Å². The van der Waals surface area contributed by atoms with Crippen molar-refractivity contribution < 1.29 is 17.9 Å². The number of anilines is 1. The van der Waals surface area contributed by atoms with Gasteiger partial charge in [0.05, 0.1) is 23.7 Å². The minimum atomic E-state index is -3.96. The fourth-order valence-corrected chi connectivity index (χ4v) is 5.92. The minimum absolute atomic E-state index is 0.137. The van der Waals surface area contributed by atoms with Crippen molar-refractivity contribution in [3.8, 4) is 5.75 Å². The van der Waals surface area contributed by atoms with Crippen LogP contribution in [0.15, 0.2) is 65.6 Å². The van der Waals surface area contributed by atoms with Gasteiger partial charge in [0.2, 0.25) is 5.91 Å². The Balaban J connectivity index is 1.94. The van der Waals surface area contributed by atoms with Crippen LogP contribution in [0.2, 0.25) is 0 Å². The summed E-state index contributed by atoms with van der Waals surface area (Å²) in [5, 5.41) is 3.01. The van der Waals surface area contributed by atoms with E-state index in [0.717, 1.165) is 33.6 Å². The zero-order valence-electron chi connectivity index (χ0n) is 22.1. The Morgan fingerprint density at radius 1 is 0.917 bits per heavy atom. The Kier molecular flexibility index (Phi) is 8.46. The molecule has 1 amide bonds. The number of nitrogens with one attached hydrogen (secondary N) is 1. The zero-order chi connectivity index (χ0) is 26.6. The molecule has 36 heavy (non-hydrogen) atoms. The Bertz CT molecular complexity index is 1330. The number of hydrogen-bond donors (Lipinski definition) is 1. The van der Waals surface area contributed by atoms with Crippen molar-refractivity contribution in [2.45, 2.75) is 58.4 Å². The molecule has 0 aromatic heterocycles. The average molecular weight is 509 g/mol. The van der Waals surface area contributed by atoms with E-state index in [1.54, 1.807) is 43.5 Å². The number of benzene rings is 3. The van der Waals surface area contributed by atoms with Crippen LogP contribution >= 0.6 is 0 Å². The number of rotatable bonds is 9. The fraction of sp³-hybridized carbons (Fsp3) is 0.345. The summed E-state index contributed by atoms with van der Waals surface area (Å²) in [6.07, 6.45) is 0. The molecule has 0 heterocycles. The SMILES string of the molecule is COc1cc(C)c([C@@H](C)NC(=O)CN(c2ccc(C)cc2C)S(=O)(=O)c2ccccc2)cc1C(C)C. The topological polar surface area (TPSA) is 75.7 Å². The van der Waals surface area contributed by atoms with E-state index in [0.29, 0.717) is 5.69 Å². The third kappa shape index (κ3) is 5.90. The van der Waals surface area contributed by atoms with Gasteiger partial charge in [-0.1, -0.05) is 49.7 Å². The molecule has 192 valence electrons. The maximum Gasteiger partial charge on any atom is 0.264 e. The van der Waals surface area contributed by atoms with Gasteiger partial charge < -0.3 is 10.1 Å². The van der Waals surface area contributed by atoms with Crippen molar-refractivity contribution in [3.05, 3.63) is 88.5 Å². The highest BCUT2D eigenvalue weighted by Gasteiger charge is 2.29. The van der Waals surface area contributed by atoms with Gasteiger partial charge in [-0.3, -0.25) is 9.10 Å². The number of carbonyl (C=O) groups is 1. The van der Waals surface area contributed by atoms with E-state index < -0.39 is 10.0 Å². The van der Waals surface area contributed by atoms with E-state index >= 15 is 0 Å². The molecule has 0 saturated heterocycles. The summed E-state index contributed by atoms with van der Waals surface area (Å²) < 4.78 is 34.0. The van der Waals surface area contributed by atoms with Crippen molar-refractivity contribution in [2.24, 2.45) is 0 Å². The molecule has 1 N–H and O–H groups in total. The molecule has 0 spiro atoms. The lowest BCUT2D eigenvalue weighted by atomic mass is 9.93. The normalized spacial score (nSPS) is 12.3. The van der Waals surface area contributed by atoms with E-state index in [2.05, 4.69) is 25.2 Å². The highest BCUT2D eigenvalue weighted by atomic mass is 32.2. The molecule has 3 rings (SSSR count). The van der Waals surface area contributed by atoms with Gasteiger partial charge in [0.15, 0.2) is 0 Å². The van der Waals surface area contributed by atoms with Gasteiger partial charge in [0.25, 0.3) is 10.0 Å². The summed E-state index contributed by atoms with van der Waals surface area (Å²) in [6.45, 7) is 11.5. The summed E-state index contributed by atoms with van der Waals surface area (Å²) in [5.74, 6) is 0.682. The monoisotopic (exact) mass is 508 g/mol. The summed E-state index contributed by atoms with van der Waals surface area (Å²) in [4.78, 5) is 13.4. The molecule has 0 aliphatic heterocycles. The van der Waals surface area contributed by atoms with Crippen molar-refractivity contribution in [2.75, 3.05) is 18.0 Å². The predicted octanol–water partition coefficient (Wildman–Crippen LogP) is 5.82. The first kappa shape index (κ1) is 27.3. The molecule has 0 aliphatic carbocycles. The van der Waals surface area contributed by atoms with Crippen LogP contribution in [0.5, 0.6) is 5.75 Å². The van der Waals surface area contributed by atoms with Crippen LogP contribution in [0.3, 0.4) is 0 Å². The lowest BCUT2D eigenvalue weighted by Gasteiger charge is -2.27. The van der Waals surface area contributed by atoms with Crippen molar-refractivity contribution in [1.29, 1.82) is 0 Å². The molecule has 0 radical (unpaired) electrons. The van der Waals surface area contributed by atoms with E-state index in [1.807, 2.05) is 45.9 Å². The fourth-order valence-electron chi connectivity index (χ4n) is 4.41. The van der Waals surface area contributed by atoms with Gasteiger partial charge in [-0.15, -0.1) is 0 Å². The molecule has 3 aromatic carbocycles. The molecular formula is C29H36N2O4S. The Morgan fingerprint density at radius 2 is 1.58 bits per heavy atom. The van der Waals surface area contributed by atoms with Gasteiger partial charge in [0, 0.05) is 0 Å². The smallest absolute Gasteiger partial charge is 0.264 e. The van der Waals surface area contributed by atoms with Crippen molar-refractivity contribution >= 4 is 21.6 Å². The molecule has 6 nitrogen and oxygen atoms in total. The van der Waals surface area contributed by atoms with Gasteiger partial charge >= 0.3 is 0 Å². The Morgan fingerprint density at radius 3 is 2.17 bits per heavy atom. The molecule has 0 aliphatic rings. The summed E-state index contributed by atoms with van der Waals surface area (Å²) in [6, 6.07) is 17.4. The Hall–Kier alpha value is -3.32. The molecule has 0 saturated carbocycles. The molecule has 1 atom stereocenters. The summed E-state index contributed by atoms with van der Waals surface area (Å²) in [5.41, 5.74) is 5.30. The molecule has 0 fully saturated rings. The second kappa shape index (κ2) is 11.2. The largest absolute Gasteiger partial charge is 0.496 e. The number of carbonyl (C=O) groups excluding carboxylic acids is 1. The van der Waals surface area contributed by atoms with E-state index in [1.165, 1.54) is 4.31 Å². The number of aryl methyl sites for hydroxylation is 3. The summed E-state index contributed by atoms with van der Waals surface area (Å²) in [7, 11) is -2.31. The van der Waals surface area contributed by atoms with Crippen molar-refractivity contribution in [3.63, 3.8) is 0 Å². The number of nitrogens with zero attached hydrogens (tertiary/aromatic N) is 1. The maximum absolute atomic E-state index is 13.6. The second-order valence-electron chi connectivity index (χ2n) is 9.51. The number of amides is 1. The third-order valence-corrected chi connectivity index (χ3v) is 8.10. The van der Waals surface area contributed by atoms with Crippen molar-refractivity contribution in [1.82, 2.24) is 5.32 Å². The van der Waals surface area contributed by atoms with Crippen LogP contribution in [0.25, 0.3) is 0 Å². The number of methoxy groups -OCH3 is 1.